The van der Waals surface area contributed by atoms with Crippen LogP contribution in [0.2, 0.25) is 0 Å². The van der Waals surface area contributed by atoms with Crippen LogP contribution in [-0.4, -0.2) is 11.1 Å². The predicted molar refractivity (Wildman–Crippen MR) is 78.9 cm³/mol. The Hall–Kier alpha value is -1.88. The maximum Gasteiger partial charge on any atom is 0.353 e. The summed E-state index contributed by atoms with van der Waals surface area (Å²) >= 11 is 3.30. The van der Waals surface area contributed by atoms with Crippen LogP contribution < -0.4 is 4.74 Å². The SMILES string of the molecule is CC1c2c(Br)cc(F)cc2O[C@]1(C(=O)O)c1ccccc1. The van der Waals surface area contributed by atoms with Crippen molar-refractivity contribution in [2.75, 3.05) is 0 Å². The third-order valence-corrected chi connectivity index (χ3v) is 4.55. The minimum atomic E-state index is -1.54. The normalized spacial score (nSPS) is 23.5. The first kappa shape index (κ1) is 14.1. The monoisotopic (exact) mass is 350 g/mol. The van der Waals surface area contributed by atoms with Gasteiger partial charge in [0.25, 0.3) is 0 Å². The molecular weight excluding hydrogens is 339 g/mol. The molecule has 0 bridgehead atoms. The van der Waals surface area contributed by atoms with Crippen molar-refractivity contribution in [1.29, 1.82) is 0 Å². The van der Waals surface area contributed by atoms with Gasteiger partial charge in [0.1, 0.15) is 11.6 Å². The molecule has 2 aromatic carbocycles. The van der Waals surface area contributed by atoms with Crippen LogP contribution in [0.1, 0.15) is 24.0 Å². The number of hydrogen-bond donors (Lipinski definition) is 1. The van der Waals surface area contributed by atoms with E-state index in [0.717, 1.165) is 0 Å². The number of benzene rings is 2. The zero-order valence-corrected chi connectivity index (χ0v) is 12.7. The average Bonchev–Trinajstić information content (AvgIpc) is 2.74. The fraction of sp³-hybridized carbons (Fsp3) is 0.188. The van der Waals surface area contributed by atoms with Crippen LogP contribution in [-0.2, 0) is 10.4 Å². The first-order valence-electron chi connectivity index (χ1n) is 6.43. The maximum absolute atomic E-state index is 13.5. The van der Waals surface area contributed by atoms with E-state index in [0.29, 0.717) is 15.6 Å². The minimum Gasteiger partial charge on any atom is -0.478 e. The van der Waals surface area contributed by atoms with Crippen molar-refractivity contribution in [3.8, 4) is 5.75 Å². The van der Waals surface area contributed by atoms with Crippen molar-refractivity contribution in [2.45, 2.75) is 18.4 Å². The Labute approximate surface area is 129 Å². The lowest BCUT2D eigenvalue weighted by Gasteiger charge is -2.29. The zero-order valence-electron chi connectivity index (χ0n) is 11.1. The van der Waals surface area contributed by atoms with Gasteiger partial charge in [-0.3, -0.25) is 0 Å². The van der Waals surface area contributed by atoms with E-state index in [1.54, 1.807) is 37.3 Å². The first-order valence-corrected chi connectivity index (χ1v) is 7.23. The number of fused-ring (bicyclic) bond motifs is 1. The van der Waals surface area contributed by atoms with Gasteiger partial charge in [-0.05, 0) is 6.07 Å². The molecule has 5 heteroatoms. The van der Waals surface area contributed by atoms with E-state index in [1.807, 2.05) is 0 Å². The quantitative estimate of drug-likeness (QED) is 0.888. The highest BCUT2D eigenvalue weighted by atomic mass is 79.9. The summed E-state index contributed by atoms with van der Waals surface area (Å²) in [6.45, 7) is 1.77. The molecule has 0 saturated heterocycles. The van der Waals surface area contributed by atoms with Crippen LogP contribution in [0.5, 0.6) is 5.75 Å². The van der Waals surface area contributed by atoms with Gasteiger partial charge in [0, 0.05) is 27.6 Å². The van der Waals surface area contributed by atoms with Crippen LogP contribution in [0.25, 0.3) is 0 Å². The molecule has 2 atom stereocenters. The number of ether oxygens (including phenoxy) is 1. The molecular formula is C16H12BrFO3. The van der Waals surface area contributed by atoms with Gasteiger partial charge in [-0.15, -0.1) is 0 Å². The van der Waals surface area contributed by atoms with Gasteiger partial charge < -0.3 is 9.84 Å². The van der Waals surface area contributed by atoms with Gasteiger partial charge in [0.2, 0.25) is 5.60 Å². The highest BCUT2D eigenvalue weighted by molar-refractivity contribution is 9.10. The van der Waals surface area contributed by atoms with Crippen LogP contribution in [0.15, 0.2) is 46.9 Å². The van der Waals surface area contributed by atoms with Crippen molar-refractivity contribution in [2.24, 2.45) is 0 Å². The van der Waals surface area contributed by atoms with E-state index in [9.17, 15) is 14.3 Å². The summed E-state index contributed by atoms with van der Waals surface area (Å²) in [7, 11) is 0. The van der Waals surface area contributed by atoms with Gasteiger partial charge in [-0.2, -0.15) is 0 Å². The number of halogens is 2. The largest absolute Gasteiger partial charge is 0.478 e. The van der Waals surface area contributed by atoms with Gasteiger partial charge in [-0.1, -0.05) is 53.2 Å². The predicted octanol–water partition coefficient (Wildman–Crippen LogP) is 4.06. The summed E-state index contributed by atoms with van der Waals surface area (Å²) in [6.07, 6.45) is 0. The second-order valence-electron chi connectivity index (χ2n) is 5.03. The summed E-state index contributed by atoms with van der Waals surface area (Å²) in [5.41, 5.74) is -0.337. The Morgan fingerprint density at radius 3 is 2.62 bits per heavy atom. The topological polar surface area (TPSA) is 46.5 Å². The molecule has 1 aliphatic rings. The van der Waals surface area contributed by atoms with E-state index in [1.165, 1.54) is 12.1 Å². The fourth-order valence-electron chi connectivity index (χ4n) is 2.88. The minimum absolute atomic E-state index is 0.264. The van der Waals surface area contributed by atoms with Gasteiger partial charge in [0.05, 0.1) is 0 Å². The summed E-state index contributed by atoms with van der Waals surface area (Å²) < 4.78 is 19.8. The third-order valence-electron chi connectivity index (χ3n) is 3.89. The van der Waals surface area contributed by atoms with E-state index in [4.69, 9.17) is 4.74 Å². The standard InChI is InChI=1S/C16H12BrFO3/c1-9-14-12(17)7-11(18)8-13(14)21-16(9,15(19)20)10-5-3-2-4-6-10/h2-9H,1H3,(H,19,20)/t9?,16-/m0/s1. The van der Waals surface area contributed by atoms with E-state index in [2.05, 4.69) is 15.9 Å². The molecule has 1 N–H and O–H groups in total. The molecule has 0 amide bonds. The molecule has 0 spiro atoms. The van der Waals surface area contributed by atoms with Crippen LogP contribution in [0, 0.1) is 5.82 Å². The van der Waals surface area contributed by atoms with Gasteiger partial charge in [0.15, 0.2) is 0 Å². The Morgan fingerprint density at radius 1 is 1.33 bits per heavy atom. The van der Waals surface area contributed by atoms with Crippen molar-refractivity contribution in [3.63, 3.8) is 0 Å². The highest BCUT2D eigenvalue weighted by Gasteiger charge is 2.54. The Balaban J connectivity index is 2.23. The van der Waals surface area contributed by atoms with E-state index < -0.39 is 23.3 Å². The molecule has 21 heavy (non-hydrogen) atoms. The number of aliphatic carboxylic acids is 1. The Bertz CT molecular complexity index is 717. The molecule has 0 radical (unpaired) electrons. The number of carbonyl (C=O) groups is 1. The van der Waals surface area contributed by atoms with Crippen molar-refractivity contribution < 1.29 is 19.0 Å². The zero-order chi connectivity index (χ0) is 15.2. The Kier molecular flexibility index (Phi) is 3.24. The third kappa shape index (κ3) is 1.95. The molecule has 0 aliphatic carbocycles. The molecule has 1 heterocycles. The van der Waals surface area contributed by atoms with Crippen molar-refractivity contribution in [3.05, 3.63) is 63.9 Å². The lowest BCUT2D eigenvalue weighted by atomic mass is 9.80. The molecule has 1 aliphatic heterocycles. The summed E-state index contributed by atoms with van der Waals surface area (Å²) in [5, 5.41) is 9.79. The summed E-state index contributed by atoms with van der Waals surface area (Å²) in [6, 6.07) is 11.3. The second kappa shape index (κ2) is 4.84. The molecule has 3 rings (SSSR count). The highest BCUT2D eigenvalue weighted by Crippen LogP contribution is 2.53. The molecule has 2 aromatic rings. The van der Waals surface area contributed by atoms with Gasteiger partial charge in [-0.25, -0.2) is 9.18 Å². The second-order valence-corrected chi connectivity index (χ2v) is 5.88. The molecule has 108 valence electrons. The number of carboxylic acids is 1. The van der Waals surface area contributed by atoms with E-state index >= 15 is 0 Å². The molecule has 1 unspecified atom stereocenters. The average molecular weight is 351 g/mol. The van der Waals surface area contributed by atoms with Crippen LogP contribution >= 0.6 is 15.9 Å². The van der Waals surface area contributed by atoms with Crippen LogP contribution in [0.3, 0.4) is 0 Å². The molecule has 0 fully saturated rings. The lowest BCUT2D eigenvalue weighted by molar-refractivity contribution is -0.156. The fourth-order valence-corrected chi connectivity index (χ4v) is 3.64. The van der Waals surface area contributed by atoms with Crippen molar-refractivity contribution >= 4 is 21.9 Å². The maximum atomic E-state index is 13.5. The molecule has 0 aromatic heterocycles. The van der Waals surface area contributed by atoms with Crippen LogP contribution in [0.4, 0.5) is 4.39 Å². The number of hydrogen-bond acceptors (Lipinski definition) is 2. The van der Waals surface area contributed by atoms with E-state index in [-0.39, 0.29) is 5.75 Å². The smallest absolute Gasteiger partial charge is 0.353 e. The first-order chi connectivity index (χ1) is 9.96. The number of rotatable bonds is 2. The van der Waals surface area contributed by atoms with Gasteiger partial charge >= 0.3 is 5.97 Å². The molecule has 0 saturated carbocycles. The molecule has 3 nitrogen and oxygen atoms in total. The summed E-state index contributed by atoms with van der Waals surface area (Å²) in [5.74, 6) is -1.75. The Morgan fingerprint density at radius 2 is 2.00 bits per heavy atom. The van der Waals surface area contributed by atoms with Crippen molar-refractivity contribution in [1.82, 2.24) is 0 Å². The lowest BCUT2D eigenvalue weighted by Crippen LogP contribution is -2.42. The summed E-state index contributed by atoms with van der Waals surface area (Å²) in [4.78, 5) is 12.0. The number of carboxylic acid groups (broad SMARTS) is 1.